The van der Waals surface area contributed by atoms with E-state index in [0.29, 0.717) is 0 Å². The van der Waals surface area contributed by atoms with Crippen molar-refractivity contribution >= 4 is 10.0 Å². The minimum absolute atomic E-state index is 0.110. The number of aryl methyl sites for hydroxylation is 1. The third-order valence-corrected chi connectivity index (χ3v) is 3.64. The third-order valence-electron chi connectivity index (χ3n) is 1.86. The standard InChI is InChI=1S/C9H11N3O2S/c1-8-4-5-9(6-11-8)15(13,14)12(3)7-10-2/h4-6H,7H2,1,3H3. The second kappa shape index (κ2) is 4.38. The Morgan fingerprint density at radius 1 is 1.53 bits per heavy atom. The summed E-state index contributed by atoms with van der Waals surface area (Å²) in [4.78, 5) is 7.04. The molecule has 0 saturated heterocycles. The molecule has 15 heavy (non-hydrogen) atoms. The average molecular weight is 225 g/mol. The van der Waals surface area contributed by atoms with E-state index in [1.807, 2.05) is 0 Å². The molecule has 1 heterocycles. The van der Waals surface area contributed by atoms with Crippen LogP contribution in [0.15, 0.2) is 23.2 Å². The van der Waals surface area contributed by atoms with Gasteiger partial charge in [0.1, 0.15) is 4.90 Å². The Labute approximate surface area is 89.2 Å². The Morgan fingerprint density at radius 2 is 2.20 bits per heavy atom. The highest BCUT2D eigenvalue weighted by Crippen LogP contribution is 2.12. The number of rotatable bonds is 3. The number of hydrogen-bond acceptors (Lipinski definition) is 3. The highest BCUT2D eigenvalue weighted by atomic mass is 32.2. The number of aromatic nitrogens is 1. The van der Waals surface area contributed by atoms with Crippen LogP contribution >= 0.6 is 0 Å². The molecule has 1 aromatic heterocycles. The minimum Gasteiger partial charge on any atom is -0.298 e. The first-order chi connectivity index (χ1) is 6.98. The Kier molecular flexibility index (Phi) is 3.39. The molecule has 0 radical (unpaired) electrons. The van der Waals surface area contributed by atoms with Crippen LogP contribution in [0.5, 0.6) is 0 Å². The van der Waals surface area contributed by atoms with Gasteiger partial charge >= 0.3 is 0 Å². The summed E-state index contributed by atoms with van der Waals surface area (Å²) in [5.41, 5.74) is 0.752. The first kappa shape index (κ1) is 11.6. The topological polar surface area (TPSA) is 54.6 Å². The lowest BCUT2D eigenvalue weighted by Crippen LogP contribution is -2.26. The van der Waals surface area contributed by atoms with Gasteiger partial charge in [0.05, 0.1) is 0 Å². The Morgan fingerprint density at radius 3 is 2.67 bits per heavy atom. The number of sulfonamides is 1. The van der Waals surface area contributed by atoms with Crippen LogP contribution in [0.1, 0.15) is 5.69 Å². The van der Waals surface area contributed by atoms with Gasteiger partial charge < -0.3 is 0 Å². The average Bonchev–Trinajstić information content (AvgIpc) is 2.18. The fourth-order valence-electron chi connectivity index (χ4n) is 0.962. The number of nitrogens with zero attached hydrogens (tertiary/aromatic N) is 3. The molecular weight excluding hydrogens is 214 g/mol. The molecule has 0 aliphatic heterocycles. The maximum Gasteiger partial charge on any atom is 0.283 e. The summed E-state index contributed by atoms with van der Waals surface area (Å²) in [6.07, 6.45) is 1.30. The second-order valence-electron chi connectivity index (χ2n) is 3.04. The third kappa shape index (κ3) is 2.52. The molecule has 0 bridgehead atoms. The largest absolute Gasteiger partial charge is 0.298 e. The first-order valence-corrected chi connectivity index (χ1v) is 5.64. The highest BCUT2D eigenvalue weighted by molar-refractivity contribution is 7.89. The van der Waals surface area contributed by atoms with Gasteiger partial charge in [-0.05, 0) is 19.1 Å². The summed E-state index contributed by atoms with van der Waals surface area (Å²) in [7, 11) is -2.19. The number of pyridine rings is 1. The van der Waals surface area contributed by atoms with Gasteiger partial charge in [-0.3, -0.25) is 9.83 Å². The van der Waals surface area contributed by atoms with Crippen LogP contribution in [-0.4, -0.2) is 31.4 Å². The first-order valence-electron chi connectivity index (χ1n) is 4.20. The summed E-state index contributed by atoms with van der Waals surface area (Å²) in [6, 6.07) is 3.11. The van der Waals surface area contributed by atoms with Crippen molar-refractivity contribution in [2.24, 2.45) is 0 Å². The summed E-state index contributed by atoms with van der Waals surface area (Å²) in [5, 5.41) is 0. The monoisotopic (exact) mass is 225 g/mol. The molecule has 0 atom stereocenters. The van der Waals surface area contributed by atoms with E-state index in [1.54, 1.807) is 13.0 Å². The lowest BCUT2D eigenvalue weighted by molar-refractivity contribution is 0.498. The molecule has 0 unspecified atom stereocenters. The van der Waals surface area contributed by atoms with E-state index in [2.05, 4.69) is 9.83 Å². The van der Waals surface area contributed by atoms with Gasteiger partial charge in [-0.15, -0.1) is 4.31 Å². The van der Waals surface area contributed by atoms with Gasteiger partial charge in [0.2, 0.25) is 10.0 Å². The Balaban J connectivity index is 3.07. The van der Waals surface area contributed by atoms with E-state index in [4.69, 9.17) is 6.57 Å². The van der Waals surface area contributed by atoms with Crippen molar-refractivity contribution < 1.29 is 8.42 Å². The number of hydrogen-bond donors (Lipinski definition) is 0. The van der Waals surface area contributed by atoms with Crippen molar-refractivity contribution in [3.8, 4) is 0 Å². The van der Waals surface area contributed by atoms with Crippen LogP contribution in [-0.2, 0) is 10.0 Å². The molecule has 80 valence electrons. The van der Waals surface area contributed by atoms with E-state index in [-0.39, 0.29) is 11.6 Å². The maximum atomic E-state index is 11.8. The molecule has 1 aromatic rings. The van der Waals surface area contributed by atoms with E-state index in [1.165, 1.54) is 19.3 Å². The zero-order chi connectivity index (χ0) is 11.5. The zero-order valence-electron chi connectivity index (χ0n) is 8.51. The van der Waals surface area contributed by atoms with Crippen molar-refractivity contribution in [3.05, 3.63) is 35.4 Å². The molecule has 0 aliphatic rings. The fourth-order valence-corrected chi connectivity index (χ4v) is 1.96. The molecule has 0 aromatic carbocycles. The normalized spacial score (nSPS) is 11.3. The summed E-state index contributed by atoms with van der Waals surface area (Å²) < 4.78 is 24.5. The van der Waals surface area contributed by atoms with Crippen molar-refractivity contribution in [1.82, 2.24) is 9.29 Å². The van der Waals surface area contributed by atoms with E-state index < -0.39 is 10.0 Å². The molecule has 0 amide bonds. The van der Waals surface area contributed by atoms with Crippen LogP contribution in [0.3, 0.4) is 0 Å². The van der Waals surface area contributed by atoms with Gasteiger partial charge in [-0.1, -0.05) is 0 Å². The summed E-state index contributed by atoms with van der Waals surface area (Å²) in [6.45, 7) is 8.21. The Hall–Kier alpha value is -1.45. The van der Waals surface area contributed by atoms with Crippen LogP contribution in [0.25, 0.3) is 4.85 Å². The van der Waals surface area contributed by atoms with Crippen LogP contribution in [0, 0.1) is 13.5 Å². The maximum absolute atomic E-state index is 11.8. The van der Waals surface area contributed by atoms with Gasteiger partial charge in [-0.25, -0.2) is 15.0 Å². The van der Waals surface area contributed by atoms with Crippen molar-refractivity contribution in [2.45, 2.75) is 11.8 Å². The molecule has 0 saturated carbocycles. The molecule has 5 nitrogen and oxygen atoms in total. The van der Waals surface area contributed by atoms with Gasteiger partial charge in [0, 0.05) is 18.9 Å². The molecule has 1 rings (SSSR count). The lowest BCUT2D eigenvalue weighted by Gasteiger charge is -2.10. The molecule has 0 spiro atoms. The van der Waals surface area contributed by atoms with Gasteiger partial charge in [0.15, 0.2) is 0 Å². The van der Waals surface area contributed by atoms with Gasteiger partial charge in [0.25, 0.3) is 6.67 Å². The van der Waals surface area contributed by atoms with E-state index >= 15 is 0 Å². The summed E-state index contributed by atoms with van der Waals surface area (Å²) in [5.74, 6) is 0. The van der Waals surface area contributed by atoms with E-state index in [9.17, 15) is 8.42 Å². The molecule has 0 N–H and O–H groups in total. The second-order valence-corrected chi connectivity index (χ2v) is 5.08. The molecular formula is C9H11N3O2S. The minimum atomic E-state index is -3.56. The van der Waals surface area contributed by atoms with Crippen LogP contribution in [0.4, 0.5) is 0 Å². The zero-order valence-corrected chi connectivity index (χ0v) is 9.32. The molecule has 6 heteroatoms. The van der Waals surface area contributed by atoms with Crippen molar-refractivity contribution in [2.75, 3.05) is 13.7 Å². The quantitative estimate of drug-likeness (QED) is 0.718. The van der Waals surface area contributed by atoms with Crippen LogP contribution < -0.4 is 0 Å². The van der Waals surface area contributed by atoms with Crippen molar-refractivity contribution in [1.29, 1.82) is 0 Å². The predicted molar refractivity (Wildman–Crippen MR) is 55.4 cm³/mol. The van der Waals surface area contributed by atoms with Crippen LogP contribution in [0.2, 0.25) is 0 Å². The predicted octanol–water partition coefficient (Wildman–Crippen LogP) is 0.887. The van der Waals surface area contributed by atoms with Crippen molar-refractivity contribution in [3.63, 3.8) is 0 Å². The Bertz CT molecular complexity index is 473. The highest BCUT2D eigenvalue weighted by Gasteiger charge is 2.22. The molecule has 0 aliphatic carbocycles. The summed E-state index contributed by atoms with van der Waals surface area (Å²) >= 11 is 0. The smallest absolute Gasteiger partial charge is 0.283 e. The van der Waals surface area contributed by atoms with Gasteiger partial charge in [-0.2, -0.15) is 0 Å². The SMILES string of the molecule is [C-]#[N+]CN(C)S(=O)(=O)c1ccc(C)nc1. The van der Waals surface area contributed by atoms with E-state index in [0.717, 1.165) is 10.00 Å². The fraction of sp³-hybridized carbons (Fsp3) is 0.333. The lowest BCUT2D eigenvalue weighted by atomic mass is 10.4. The molecule has 0 fully saturated rings.